The number of ether oxygens (including phenoxy) is 1. The average molecular weight is 396 g/mol. The van der Waals surface area contributed by atoms with Gasteiger partial charge in [0.1, 0.15) is 4.88 Å². The molecule has 2 aromatic rings. The van der Waals surface area contributed by atoms with Crippen molar-refractivity contribution in [1.82, 2.24) is 0 Å². The molecule has 8 heteroatoms. The summed E-state index contributed by atoms with van der Waals surface area (Å²) in [4.78, 5) is 25.8. The van der Waals surface area contributed by atoms with Gasteiger partial charge in [-0.25, -0.2) is 13.2 Å². The summed E-state index contributed by atoms with van der Waals surface area (Å²) in [6, 6.07) is 7.89. The third-order valence-corrected chi connectivity index (χ3v) is 6.27. The number of Topliss-reactive ketones (excluding diaryl/α,β-unsaturated/α-hetero) is 1. The van der Waals surface area contributed by atoms with E-state index in [2.05, 4.69) is 0 Å². The average Bonchev–Trinajstić information content (AvgIpc) is 2.99. The van der Waals surface area contributed by atoms with Crippen LogP contribution in [0.15, 0.2) is 30.3 Å². The van der Waals surface area contributed by atoms with Crippen LogP contribution < -0.4 is 4.31 Å². The molecule has 0 bridgehead atoms. The number of hydrogen-bond donors (Lipinski definition) is 0. The molecule has 0 aliphatic heterocycles. The van der Waals surface area contributed by atoms with Gasteiger partial charge in [-0.15, -0.1) is 11.3 Å². The van der Waals surface area contributed by atoms with Crippen molar-refractivity contribution >= 4 is 38.8 Å². The number of nitrogens with zero attached hydrogens (tertiary/aromatic N) is 1. The second kappa shape index (κ2) is 8.01. The molecule has 1 heterocycles. The molecule has 0 fully saturated rings. The molecule has 0 radical (unpaired) electrons. The molecule has 0 N–H and O–H groups in total. The monoisotopic (exact) mass is 395 g/mol. The molecule has 6 nitrogen and oxygen atoms in total. The van der Waals surface area contributed by atoms with Crippen molar-refractivity contribution in [2.24, 2.45) is 0 Å². The highest BCUT2D eigenvalue weighted by Gasteiger charge is 2.16. The van der Waals surface area contributed by atoms with E-state index in [0.717, 1.165) is 27.4 Å². The molecule has 2 rings (SSSR count). The number of thiophene rings is 1. The van der Waals surface area contributed by atoms with E-state index in [1.54, 1.807) is 6.07 Å². The van der Waals surface area contributed by atoms with Crippen LogP contribution in [0, 0.1) is 6.92 Å². The van der Waals surface area contributed by atoms with Crippen molar-refractivity contribution in [2.45, 2.75) is 20.3 Å². The van der Waals surface area contributed by atoms with Gasteiger partial charge in [0.25, 0.3) is 0 Å². The first kappa shape index (κ1) is 20.1. The Hall–Kier alpha value is -2.19. The zero-order valence-electron chi connectivity index (χ0n) is 15.1. The van der Waals surface area contributed by atoms with Crippen molar-refractivity contribution in [3.8, 4) is 0 Å². The van der Waals surface area contributed by atoms with Gasteiger partial charge in [-0.3, -0.25) is 9.10 Å². The topological polar surface area (TPSA) is 80.8 Å². The fraction of sp³-hybridized carbons (Fsp3) is 0.333. The first-order chi connectivity index (χ1) is 12.1. The Labute approximate surface area is 157 Å². The van der Waals surface area contributed by atoms with Crippen LogP contribution in [0.1, 0.15) is 37.4 Å². The minimum Gasteiger partial charge on any atom is -0.453 e. The molecule has 0 atom stereocenters. The first-order valence-electron chi connectivity index (χ1n) is 7.97. The largest absolute Gasteiger partial charge is 0.453 e. The highest BCUT2D eigenvalue weighted by molar-refractivity contribution is 7.92. The van der Waals surface area contributed by atoms with Gasteiger partial charge in [-0.05, 0) is 49.2 Å². The number of rotatable bonds is 7. The molecule has 26 heavy (non-hydrogen) atoms. The lowest BCUT2D eigenvalue weighted by atomic mass is 10.1. The summed E-state index contributed by atoms with van der Waals surface area (Å²) >= 11 is 1.35. The minimum absolute atomic E-state index is 0.347. The molecule has 0 aliphatic rings. The van der Waals surface area contributed by atoms with Crippen molar-refractivity contribution in [1.29, 1.82) is 0 Å². The van der Waals surface area contributed by atoms with Gasteiger partial charge in [0.05, 0.1) is 11.9 Å². The Morgan fingerprint density at radius 2 is 1.81 bits per heavy atom. The van der Waals surface area contributed by atoms with Crippen LogP contribution in [0.5, 0.6) is 0 Å². The van der Waals surface area contributed by atoms with E-state index in [1.807, 2.05) is 13.8 Å². The first-order valence-corrected chi connectivity index (χ1v) is 10.6. The lowest BCUT2D eigenvalue weighted by Crippen LogP contribution is -2.24. The number of anilines is 1. The van der Waals surface area contributed by atoms with Crippen LogP contribution in [0.4, 0.5) is 5.69 Å². The summed E-state index contributed by atoms with van der Waals surface area (Å²) in [5, 5.41) is 0. The third-order valence-electron chi connectivity index (χ3n) is 3.99. The van der Waals surface area contributed by atoms with E-state index in [9.17, 15) is 18.0 Å². The van der Waals surface area contributed by atoms with E-state index < -0.39 is 16.0 Å². The molecular formula is C18H21NO5S2. The van der Waals surface area contributed by atoms with Crippen molar-refractivity contribution < 1.29 is 22.7 Å². The summed E-state index contributed by atoms with van der Waals surface area (Å²) in [5.74, 6) is -0.865. The number of sulfonamides is 1. The Kier molecular flexibility index (Phi) is 6.20. The van der Waals surface area contributed by atoms with Crippen LogP contribution >= 0.6 is 11.3 Å². The summed E-state index contributed by atoms with van der Waals surface area (Å²) in [6.07, 6.45) is 1.94. The molecule has 0 saturated carbocycles. The fourth-order valence-corrected chi connectivity index (χ4v) is 3.82. The van der Waals surface area contributed by atoms with Crippen LogP contribution in [0.3, 0.4) is 0 Å². The molecule has 140 valence electrons. The van der Waals surface area contributed by atoms with E-state index in [1.165, 1.54) is 42.6 Å². The zero-order chi connectivity index (χ0) is 19.5. The van der Waals surface area contributed by atoms with Gasteiger partial charge in [0.2, 0.25) is 10.0 Å². The second-order valence-corrected chi connectivity index (χ2v) is 9.09. The summed E-state index contributed by atoms with van der Waals surface area (Å²) in [7, 11) is -1.93. The number of carbonyl (C=O) groups is 2. The molecule has 0 aliphatic carbocycles. The smallest absolute Gasteiger partial charge is 0.348 e. The van der Waals surface area contributed by atoms with Crippen molar-refractivity contribution in [3.05, 3.63) is 51.2 Å². The summed E-state index contributed by atoms with van der Waals surface area (Å²) in [5.41, 5.74) is 1.89. The molecule has 1 aromatic heterocycles. The molecule has 0 saturated heterocycles. The number of esters is 1. The number of hydrogen-bond acceptors (Lipinski definition) is 6. The minimum atomic E-state index is -3.36. The highest BCUT2D eigenvalue weighted by atomic mass is 32.2. The maximum atomic E-state index is 12.2. The van der Waals surface area contributed by atoms with Crippen LogP contribution in [-0.2, 0) is 21.2 Å². The molecule has 0 spiro atoms. The van der Waals surface area contributed by atoms with Gasteiger partial charge in [-0.2, -0.15) is 0 Å². The highest BCUT2D eigenvalue weighted by Crippen LogP contribution is 2.23. The maximum absolute atomic E-state index is 12.2. The van der Waals surface area contributed by atoms with Gasteiger partial charge in [0.15, 0.2) is 12.4 Å². The third kappa shape index (κ3) is 4.70. The summed E-state index contributed by atoms with van der Waals surface area (Å²) < 4.78 is 29.2. The molecule has 0 unspecified atom stereocenters. The van der Waals surface area contributed by atoms with Gasteiger partial charge in [0, 0.05) is 17.5 Å². The maximum Gasteiger partial charge on any atom is 0.348 e. The number of aryl methyl sites for hydroxylation is 2. The lowest BCUT2D eigenvalue weighted by Gasteiger charge is -2.16. The predicted molar refractivity (Wildman–Crippen MR) is 103 cm³/mol. The van der Waals surface area contributed by atoms with Gasteiger partial charge < -0.3 is 4.74 Å². The molecule has 1 aromatic carbocycles. The summed E-state index contributed by atoms with van der Waals surface area (Å²) in [6.45, 7) is 3.59. The van der Waals surface area contributed by atoms with Crippen LogP contribution in [0.25, 0.3) is 0 Å². The Balaban J connectivity index is 2.00. The Morgan fingerprint density at radius 3 is 2.31 bits per heavy atom. The van der Waals surface area contributed by atoms with Crippen LogP contribution in [0.2, 0.25) is 0 Å². The zero-order valence-corrected chi connectivity index (χ0v) is 16.7. The van der Waals surface area contributed by atoms with E-state index >= 15 is 0 Å². The molecular weight excluding hydrogens is 374 g/mol. The van der Waals surface area contributed by atoms with Gasteiger partial charge in [-0.1, -0.05) is 6.92 Å². The van der Waals surface area contributed by atoms with Gasteiger partial charge >= 0.3 is 5.97 Å². The quantitative estimate of drug-likeness (QED) is 0.532. The fourth-order valence-electron chi connectivity index (χ4n) is 2.31. The van der Waals surface area contributed by atoms with Crippen LogP contribution in [-0.4, -0.2) is 40.1 Å². The van der Waals surface area contributed by atoms with Crippen molar-refractivity contribution in [2.75, 3.05) is 24.2 Å². The van der Waals surface area contributed by atoms with E-state index in [0.29, 0.717) is 16.1 Å². The standard InChI is InChI=1S/C18H21NO5S2/c1-5-13-10-17(25-12(13)2)18(21)24-11-16(20)14-6-8-15(9-7-14)19(3)26(4,22)23/h6-10H,5,11H2,1-4H3. The van der Waals surface area contributed by atoms with E-state index in [4.69, 9.17) is 4.74 Å². The SMILES string of the molecule is CCc1cc(C(=O)OCC(=O)c2ccc(N(C)S(C)(=O)=O)cc2)sc1C. The second-order valence-electron chi connectivity index (χ2n) is 5.82. The number of benzene rings is 1. The van der Waals surface area contributed by atoms with Crippen molar-refractivity contribution in [3.63, 3.8) is 0 Å². The predicted octanol–water partition coefficient (Wildman–Crippen LogP) is 3.05. The number of carbonyl (C=O) groups excluding carboxylic acids is 2. The number of ketones is 1. The Morgan fingerprint density at radius 1 is 1.19 bits per heavy atom. The van der Waals surface area contributed by atoms with E-state index in [-0.39, 0.29) is 12.4 Å². The Bertz CT molecular complexity index is 914. The normalized spacial score (nSPS) is 11.2. The molecule has 0 amide bonds. The lowest BCUT2D eigenvalue weighted by molar-refractivity contribution is 0.0479.